The number of carbonyl (C=O) groups is 1. The van der Waals surface area contributed by atoms with E-state index >= 15 is 0 Å². The van der Waals surface area contributed by atoms with Crippen LogP contribution < -0.4 is 0 Å². The molecule has 100 valence electrons. The van der Waals surface area contributed by atoms with Crippen molar-refractivity contribution in [3.63, 3.8) is 0 Å². The lowest BCUT2D eigenvalue weighted by Gasteiger charge is -2.07. The lowest BCUT2D eigenvalue weighted by molar-refractivity contribution is -0.139. The first-order chi connectivity index (χ1) is 9.19. The number of hydrogen-bond donors (Lipinski definition) is 0. The molecule has 0 unspecified atom stereocenters. The maximum Gasteiger partial charge on any atom is 0.309 e. The number of ether oxygens (including phenoxy) is 1. The van der Waals surface area contributed by atoms with Gasteiger partial charge in [-0.15, -0.1) is 10.2 Å². The van der Waals surface area contributed by atoms with E-state index in [2.05, 4.69) is 10.2 Å². The first kappa shape index (κ1) is 14.0. The summed E-state index contributed by atoms with van der Waals surface area (Å²) in [5.41, 5.74) is 2.13. The van der Waals surface area contributed by atoms with Crippen LogP contribution in [0.4, 0.5) is 0 Å². The fourth-order valence-electron chi connectivity index (χ4n) is 1.57. The average molecular weight is 294 g/mol. The van der Waals surface area contributed by atoms with Crippen LogP contribution in [0.2, 0.25) is 0 Å². The highest BCUT2D eigenvalue weighted by Gasteiger charge is 2.09. The highest BCUT2D eigenvalue weighted by atomic mass is 32.2. The van der Waals surface area contributed by atoms with Gasteiger partial charge in [-0.2, -0.15) is 0 Å². The molecular formula is C13H14N2O2S2. The molecule has 0 atom stereocenters. The number of aromatic nitrogens is 2. The Balaban J connectivity index is 2.05. The zero-order valence-electron chi connectivity index (χ0n) is 10.8. The molecule has 1 heterocycles. The van der Waals surface area contributed by atoms with Crippen molar-refractivity contribution in [1.82, 2.24) is 10.2 Å². The summed E-state index contributed by atoms with van der Waals surface area (Å²) in [4.78, 5) is 11.4. The van der Waals surface area contributed by atoms with E-state index < -0.39 is 0 Å². The van der Waals surface area contributed by atoms with Gasteiger partial charge in [0, 0.05) is 5.75 Å². The van der Waals surface area contributed by atoms with Crippen LogP contribution in [0.25, 0.3) is 0 Å². The second-order valence-corrected chi connectivity index (χ2v) is 6.30. The summed E-state index contributed by atoms with van der Waals surface area (Å²) < 4.78 is 5.66. The molecule has 2 aromatic rings. The molecule has 0 radical (unpaired) electrons. The standard InChI is InChI=1S/C13H14N2O2S2/c1-9-14-15-13(19-9)18-8-11-6-4-3-5-10(11)7-12(16)17-2/h3-6H,7-8H2,1-2H3. The first-order valence-corrected chi connectivity index (χ1v) is 7.55. The second-order valence-electron chi connectivity index (χ2n) is 3.90. The van der Waals surface area contributed by atoms with E-state index in [-0.39, 0.29) is 5.97 Å². The largest absolute Gasteiger partial charge is 0.469 e. The van der Waals surface area contributed by atoms with Crippen molar-refractivity contribution in [1.29, 1.82) is 0 Å². The predicted octanol–water partition coefficient (Wildman–Crippen LogP) is 2.85. The Bertz CT molecular complexity index is 569. The normalized spacial score (nSPS) is 10.4. The topological polar surface area (TPSA) is 52.1 Å². The van der Waals surface area contributed by atoms with E-state index in [4.69, 9.17) is 4.74 Å². The Kier molecular flexibility index (Phi) is 4.93. The SMILES string of the molecule is COC(=O)Cc1ccccc1CSc1nnc(C)s1. The van der Waals surface area contributed by atoms with Crippen molar-refractivity contribution < 1.29 is 9.53 Å². The molecule has 2 rings (SSSR count). The van der Waals surface area contributed by atoms with Crippen molar-refractivity contribution in [3.05, 3.63) is 40.4 Å². The summed E-state index contributed by atoms with van der Waals surface area (Å²) in [6, 6.07) is 7.89. The number of rotatable bonds is 5. The molecule has 1 aromatic heterocycles. The van der Waals surface area contributed by atoms with Gasteiger partial charge in [-0.05, 0) is 18.1 Å². The van der Waals surface area contributed by atoms with Gasteiger partial charge in [0.15, 0.2) is 4.34 Å². The van der Waals surface area contributed by atoms with Crippen LogP contribution in [0.5, 0.6) is 0 Å². The summed E-state index contributed by atoms with van der Waals surface area (Å²) in [7, 11) is 1.41. The molecule has 0 aliphatic carbocycles. The van der Waals surface area contributed by atoms with Crippen LogP contribution in [-0.2, 0) is 21.7 Å². The molecule has 6 heteroatoms. The van der Waals surface area contributed by atoms with Crippen LogP contribution in [-0.4, -0.2) is 23.3 Å². The van der Waals surface area contributed by atoms with Crippen LogP contribution in [0.3, 0.4) is 0 Å². The molecule has 0 bridgehead atoms. The number of nitrogens with zero attached hydrogens (tertiary/aromatic N) is 2. The van der Waals surface area contributed by atoms with E-state index in [9.17, 15) is 4.79 Å². The van der Waals surface area contributed by atoms with Crippen LogP contribution >= 0.6 is 23.1 Å². The highest BCUT2D eigenvalue weighted by molar-refractivity contribution is 8.00. The number of benzene rings is 1. The number of esters is 1. The van der Waals surface area contributed by atoms with Gasteiger partial charge in [0.05, 0.1) is 13.5 Å². The van der Waals surface area contributed by atoms with Crippen LogP contribution in [0.1, 0.15) is 16.1 Å². The van der Waals surface area contributed by atoms with Gasteiger partial charge < -0.3 is 4.74 Å². The van der Waals surface area contributed by atoms with Gasteiger partial charge in [0.1, 0.15) is 5.01 Å². The maximum absolute atomic E-state index is 11.4. The van der Waals surface area contributed by atoms with E-state index in [1.807, 2.05) is 31.2 Å². The van der Waals surface area contributed by atoms with E-state index in [0.717, 1.165) is 26.2 Å². The van der Waals surface area contributed by atoms with Gasteiger partial charge in [0.25, 0.3) is 0 Å². The number of methoxy groups -OCH3 is 1. The molecule has 1 aromatic carbocycles. The molecule has 0 aliphatic rings. The van der Waals surface area contributed by atoms with Crippen LogP contribution in [0, 0.1) is 6.92 Å². The Labute approximate surface area is 120 Å². The third-order valence-corrected chi connectivity index (χ3v) is 4.56. The van der Waals surface area contributed by atoms with Crippen molar-refractivity contribution in [3.8, 4) is 0 Å². The molecule has 19 heavy (non-hydrogen) atoms. The molecule has 0 fully saturated rings. The van der Waals surface area contributed by atoms with Gasteiger partial charge in [-0.1, -0.05) is 47.4 Å². The minimum Gasteiger partial charge on any atom is -0.469 e. The Morgan fingerprint density at radius 3 is 2.68 bits per heavy atom. The minimum absolute atomic E-state index is 0.218. The monoisotopic (exact) mass is 294 g/mol. The van der Waals surface area contributed by atoms with Gasteiger partial charge in [-0.3, -0.25) is 4.79 Å². The maximum atomic E-state index is 11.4. The third kappa shape index (κ3) is 4.04. The Morgan fingerprint density at radius 2 is 2.05 bits per heavy atom. The van der Waals surface area contributed by atoms with Gasteiger partial charge in [0.2, 0.25) is 0 Å². The summed E-state index contributed by atoms with van der Waals surface area (Å²) in [5.74, 6) is 0.561. The first-order valence-electron chi connectivity index (χ1n) is 5.75. The molecule has 0 aliphatic heterocycles. The molecule has 0 saturated heterocycles. The van der Waals surface area contributed by atoms with Crippen molar-refractivity contribution in [2.75, 3.05) is 7.11 Å². The number of thioether (sulfide) groups is 1. The summed E-state index contributed by atoms with van der Waals surface area (Å²) >= 11 is 3.22. The lowest BCUT2D eigenvalue weighted by atomic mass is 10.1. The molecular weight excluding hydrogens is 280 g/mol. The third-order valence-electron chi connectivity index (χ3n) is 2.54. The summed E-state index contributed by atoms with van der Waals surface area (Å²) in [5, 5.41) is 9.03. The molecule has 0 saturated carbocycles. The average Bonchev–Trinajstić information content (AvgIpc) is 2.83. The molecule has 0 N–H and O–H groups in total. The zero-order valence-corrected chi connectivity index (χ0v) is 12.4. The van der Waals surface area contributed by atoms with E-state index in [1.165, 1.54) is 7.11 Å². The molecule has 0 amide bonds. The predicted molar refractivity (Wildman–Crippen MR) is 76.4 cm³/mol. The van der Waals surface area contributed by atoms with Crippen molar-refractivity contribution in [2.24, 2.45) is 0 Å². The Hall–Kier alpha value is -1.40. The zero-order chi connectivity index (χ0) is 13.7. The second kappa shape index (κ2) is 6.68. The van der Waals surface area contributed by atoms with Gasteiger partial charge >= 0.3 is 5.97 Å². The fourth-order valence-corrected chi connectivity index (χ4v) is 3.42. The highest BCUT2D eigenvalue weighted by Crippen LogP contribution is 2.27. The summed E-state index contributed by atoms with van der Waals surface area (Å²) in [6.07, 6.45) is 0.308. The minimum atomic E-state index is -0.218. The lowest BCUT2D eigenvalue weighted by Crippen LogP contribution is -2.06. The van der Waals surface area contributed by atoms with Gasteiger partial charge in [-0.25, -0.2) is 0 Å². The quantitative estimate of drug-likeness (QED) is 0.627. The molecule has 4 nitrogen and oxygen atoms in total. The fraction of sp³-hybridized carbons (Fsp3) is 0.308. The molecule has 0 spiro atoms. The number of carbonyl (C=O) groups excluding carboxylic acids is 1. The van der Waals surface area contributed by atoms with Crippen molar-refractivity contribution in [2.45, 2.75) is 23.4 Å². The van der Waals surface area contributed by atoms with E-state index in [0.29, 0.717) is 6.42 Å². The number of hydrogen-bond acceptors (Lipinski definition) is 6. The Morgan fingerprint density at radius 1 is 1.32 bits per heavy atom. The van der Waals surface area contributed by atoms with Crippen LogP contribution in [0.15, 0.2) is 28.6 Å². The smallest absolute Gasteiger partial charge is 0.309 e. The summed E-state index contributed by atoms with van der Waals surface area (Å²) in [6.45, 7) is 1.94. The van der Waals surface area contributed by atoms with Crippen molar-refractivity contribution >= 4 is 29.1 Å². The number of aryl methyl sites for hydroxylation is 1. The van der Waals surface area contributed by atoms with E-state index in [1.54, 1.807) is 23.1 Å².